The molecular weight excluding hydrogens is 332 g/mol. The molecule has 3 aromatic rings. The molecule has 0 spiro atoms. The van der Waals surface area contributed by atoms with E-state index in [0.717, 1.165) is 27.6 Å². The van der Waals surface area contributed by atoms with Crippen molar-refractivity contribution in [1.82, 2.24) is 4.98 Å². The van der Waals surface area contributed by atoms with Gasteiger partial charge in [-0.2, -0.15) is 0 Å². The summed E-state index contributed by atoms with van der Waals surface area (Å²) in [7, 11) is 0. The molecule has 0 aliphatic carbocycles. The summed E-state index contributed by atoms with van der Waals surface area (Å²) < 4.78 is 5.21. The van der Waals surface area contributed by atoms with E-state index in [2.05, 4.69) is 10.3 Å². The number of hydrogen-bond acceptors (Lipinski definition) is 4. The quantitative estimate of drug-likeness (QED) is 0.712. The van der Waals surface area contributed by atoms with Crippen molar-refractivity contribution in [1.29, 1.82) is 0 Å². The molecule has 4 nitrogen and oxygen atoms in total. The fourth-order valence-corrected chi connectivity index (χ4v) is 3.24. The highest BCUT2D eigenvalue weighted by molar-refractivity contribution is 7.15. The summed E-state index contributed by atoms with van der Waals surface area (Å²) in [6.07, 6.45) is 5.10. The maximum absolute atomic E-state index is 11.9. The zero-order chi connectivity index (χ0) is 16.1. The second-order valence-electron chi connectivity index (χ2n) is 5.07. The number of amides is 1. The minimum absolute atomic E-state index is 0.0648. The Morgan fingerprint density at radius 1 is 1.30 bits per heavy atom. The maximum Gasteiger partial charge on any atom is 0.226 e. The molecule has 1 amide bonds. The second kappa shape index (κ2) is 7.44. The van der Waals surface area contributed by atoms with E-state index < -0.39 is 0 Å². The van der Waals surface area contributed by atoms with Crippen molar-refractivity contribution >= 4 is 34.0 Å². The third kappa shape index (κ3) is 4.68. The van der Waals surface area contributed by atoms with Crippen LogP contribution in [0.25, 0.3) is 0 Å². The Balaban J connectivity index is 1.53. The fraction of sp³-hybridized carbons (Fsp3) is 0.176. The van der Waals surface area contributed by atoms with Gasteiger partial charge in [0.15, 0.2) is 5.13 Å². The van der Waals surface area contributed by atoms with Gasteiger partial charge in [0, 0.05) is 35.4 Å². The van der Waals surface area contributed by atoms with Crippen molar-refractivity contribution < 1.29 is 9.21 Å². The number of carbonyl (C=O) groups is 1. The van der Waals surface area contributed by atoms with Gasteiger partial charge in [0.2, 0.25) is 5.91 Å². The van der Waals surface area contributed by atoms with Gasteiger partial charge in [-0.05, 0) is 29.8 Å². The van der Waals surface area contributed by atoms with Gasteiger partial charge in [-0.1, -0.05) is 23.7 Å². The van der Waals surface area contributed by atoms with Crippen molar-refractivity contribution in [3.8, 4) is 0 Å². The van der Waals surface area contributed by atoms with E-state index in [4.69, 9.17) is 16.0 Å². The molecule has 0 saturated heterocycles. The van der Waals surface area contributed by atoms with Crippen LogP contribution >= 0.6 is 22.9 Å². The monoisotopic (exact) mass is 346 g/mol. The molecule has 118 valence electrons. The van der Waals surface area contributed by atoms with Crippen LogP contribution in [0, 0.1) is 0 Å². The number of aryl methyl sites for hydroxylation is 1. The van der Waals surface area contributed by atoms with Crippen LogP contribution in [-0.2, 0) is 17.6 Å². The highest BCUT2D eigenvalue weighted by atomic mass is 35.5. The molecule has 0 unspecified atom stereocenters. The Kier molecular flexibility index (Phi) is 5.10. The third-order valence-corrected chi connectivity index (χ3v) is 4.39. The van der Waals surface area contributed by atoms with Crippen molar-refractivity contribution in [2.24, 2.45) is 0 Å². The first-order valence-electron chi connectivity index (χ1n) is 7.20. The molecule has 0 aliphatic heterocycles. The molecule has 23 heavy (non-hydrogen) atoms. The minimum Gasteiger partial charge on any atom is -0.469 e. The van der Waals surface area contributed by atoms with Crippen molar-refractivity contribution in [3.05, 3.63) is 70.1 Å². The Morgan fingerprint density at radius 3 is 3.00 bits per heavy atom. The molecule has 0 bridgehead atoms. The first-order chi connectivity index (χ1) is 11.2. The van der Waals surface area contributed by atoms with E-state index in [0.29, 0.717) is 18.0 Å². The van der Waals surface area contributed by atoms with Gasteiger partial charge in [0.1, 0.15) is 5.76 Å². The molecule has 6 heteroatoms. The number of halogens is 1. The smallest absolute Gasteiger partial charge is 0.226 e. The number of benzene rings is 1. The largest absolute Gasteiger partial charge is 0.469 e. The van der Waals surface area contributed by atoms with Crippen molar-refractivity contribution in [2.75, 3.05) is 5.32 Å². The lowest BCUT2D eigenvalue weighted by Crippen LogP contribution is -2.11. The molecule has 2 aromatic heterocycles. The van der Waals surface area contributed by atoms with E-state index in [1.807, 2.05) is 36.4 Å². The number of rotatable bonds is 6. The number of nitrogens with zero attached hydrogens (tertiary/aromatic N) is 1. The van der Waals surface area contributed by atoms with Gasteiger partial charge in [-0.3, -0.25) is 4.79 Å². The van der Waals surface area contributed by atoms with Crippen molar-refractivity contribution in [2.45, 2.75) is 19.3 Å². The summed E-state index contributed by atoms with van der Waals surface area (Å²) in [6, 6.07) is 11.4. The number of nitrogens with one attached hydrogen (secondary N) is 1. The molecule has 1 N–H and O–H groups in total. The van der Waals surface area contributed by atoms with Gasteiger partial charge in [-0.15, -0.1) is 11.3 Å². The van der Waals surface area contributed by atoms with Crippen molar-refractivity contribution in [3.63, 3.8) is 0 Å². The van der Waals surface area contributed by atoms with E-state index in [1.165, 1.54) is 11.3 Å². The maximum atomic E-state index is 11.9. The lowest BCUT2D eigenvalue weighted by molar-refractivity contribution is -0.116. The zero-order valence-electron chi connectivity index (χ0n) is 12.3. The third-order valence-electron chi connectivity index (χ3n) is 3.25. The highest BCUT2D eigenvalue weighted by Gasteiger charge is 2.08. The fourth-order valence-electron chi connectivity index (χ4n) is 2.17. The number of furan rings is 1. The minimum atomic E-state index is -0.0648. The first kappa shape index (κ1) is 15.8. The highest BCUT2D eigenvalue weighted by Crippen LogP contribution is 2.22. The average molecular weight is 347 g/mol. The summed E-state index contributed by atoms with van der Waals surface area (Å²) in [5.41, 5.74) is 1.12. The summed E-state index contributed by atoms with van der Waals surface area (Å²) in [6.45, 7) is 0. The van der Waals surface area contributed by atoms with E-state index in [-0.39, 0.29) is 5.91 Å². The van der Waals surface area contributed by atoms with Crippen LogP contribution < -0.4 is 5.32 Å². The normalized spacial score (nSPS) is 10.7. The van der Waals surface area contributed by atoms with Gasteiger partial charge in [0.05, 0.1) is 6.26 Å². The molecular formula is C17H15ClN2O2S. The standard InChI is InChI=1S/C17H15ClN2O2S/c18-13-4-1-3-12(9-13)10-15-11-19-17(23-15)20-16(21)7-6-14-5-2-8-22-14/h1-5,8-9,11H,6-7,10H2,(H,19,20,21). The SMILES string of the molecule is O=C(CCc1ccco1)Nc1ncc(Cc2cccc(Cl)c2)s1. The number of anilines is 1. The predicted molar refractivity (Wildman–Crippen MR) is 92.0 cm³/mol. The zero-order valence-corrected chi connectivity index (χ0v) is 13.9. The Labute approximate surface area is 143 Å². The average Bonchev–Trinajstić information content (AvgIpc) is 3.17. The summed E-state index contributed by atoms with van der Waals surface area (Å²) in [5.74, 6) is 0.742. The molecule has 0 saturated carbocycles. The number of aromatic nitrogens is 1. The van der Waals surface area contributed by atoms with Gasteiger partial charge >= 0.3 is 0 Å². The topological polar surface area (TPSA) is 55.1 Å². The van der Waals surface area contributed by atoms with Crippen LogP contribution in [0.1, 0.15) is 22.6 Å². The molecule has 0 radical (unpaired) electrons. The Morgan fingerprint density at radius 2 is 2.22 bits per heavy atom. The lowest BCUT2D eigenvalue weighted by atomic mass is 10.1. The van der Waals surface area contributed by atoms with Gasteiger partial charge in [-0.25, -0.2) is 4.98 Å². The van der Waals surface area contributed by atoms with Crippen LogP contribution in [0.3, 0.4) is 0 Å². The van der Waals surface area contributed by atoms with Crippen LogP contribution in [0.4, 0.5) is 5.13 Å². The van der Waals surface area contributed by atoms with Crippen LogP contribution in [0.15, 0.2) is 53.3 Å². The van der Waals surface area contributed by atoms with Crippen LogP contribution in [-0.4, -0.2) is 10.9 Å². The molecule has 0 atom stereocenters. The predicted octanol–water partition coefficient (Wildman–Crippen LogP) is 4.55. The molecule has 1 aromatic carbocycles. The van der Waals surface area contributed by atoms with Gasteiger partial charge < -0.3 is 9.73 Å². The summed E-state index contributed by atoms with van der Waals surface area (Å²) >= 11 is 7.46. The Hall–Kier alpha value is -2.11. The summed E-state index contributed by atoms with van der Waals surface area (Å²) in [5, 5.41) is 4.16. The first-order valence-corrected chi connectivity index (χ1v) is 8.40. The van der Waals surface area contributed by atoms with E-state index in [9.17, 15) is 4.79 Å². The van der Waals surface area contributed by atoms with E-state index >= 15 is 0 Å². The molecule has 0 fully saturated rings. The Bertz CT molecular complexity index is 784. The lowest BCUT2D eigenvalue weighted by Gasteiger charge is -2.00. The van der Waals surface area contributed by atoms with Gasteiger partial charge in [0.25, 0.3) is 0 Å². The molecule has 0 aliphatic rings. The second-order valence-corrected chi connectivity index (χ2v) is 6.62. The summed E-state index contributed by atoms with van der Waals surface area (Å²) in [4.78, 5) is 17.2. The number of thiazole rings is 1. The van der Waals surface area contributed by atoms with Crippen LogP contribution in [0.2, 0.25) is 5.02 Å². The molecule has 2 heterocycles. The van der Waals surface area contributed by atoms with E-state index in [1.54, 1.807) is 12.5 Å². The van der Waals surface area contributed by atoms with Crippen LogP contribution in [0.5, 0.6) is 0 Å². The number of hydrogen-bond donors (Lipinski definition) is 1. The number of carbonyl (C=O) groups excluding carboxylic acids is 1. The molecule has 3 rings (SSSR count).